The summed E-state index contributed by atoms with van der Waals surface area (Å²) < 4.78 is 31.5. The minimum absolute atomic E-state index is 0.0743. The molecule has 4 aromatic carbocycles. The smallest absolute Gasteiger partial charge is 0.426 e. The lowest BCUT2D eigenvalue weighted by Crippen LogP contribution is -2.35. The van der Waals surface area contributed by atoms with Crippen LogP contribution in [0.2, 0.25) is 0 Å². The van der Waals surface area contributed by atoms with Gasteiger partial charge >= 0.3 is 12.1 Å². The SMILES string of the molecule is CCCc1nc2c(C)cc(-c3nc4ccccc4n3C)cc2n1Cc1ccc(-c2ccccc2C(=O)OC(C)OC(=O)O[C@H]2CO[C@H]3[C@@H]2OC[C@H]3O)cc1. The molecule has 2 saturated heterocycles. The van der Waals surface area contributed by atoms with Crippen LogP contribution in [0.25, 0.3) is 44.6 Å². The van der Waals surface area contributed by atoms with Crippen LogP contribution in [0.15, 0.2) is 84.9 Å². The number of aliphatic hydroxyl groups excluding tert-OH is 1. The molecule has 0 radical (unpaired) electrons. The Hall–Kier alpha value is -5.56. The third kappa shape index (κ3) is 6.72. The quantitative estimate of drug-likeness (QED) is 0.119. The van der Waals surface area contributed by atoms with Crippen molar-refractivity contribution in [3.8, 4) is 22.5 Å². The molecule has 5 atom stereocenters. The highest BCUT2D eigenvalue weighted by molar-refractivity contribution is 5.97. The molecule has 12 heteroatoms. The number of ether oxygens (including phenoxy) is 5. The van der Waals surface area contributed by atoms with E-state index in [1.807, 2.05) is 42.5 Å². The monoisotopic (exact) mass is 730 g/mol. The molecule has 54 heavy (non-hydrogen) atoms. The van der Waals surface area contributed by atoms with Crippen molar-refractivity contribution < 1.29 is 38.4 Å². The number of rotatable bonds is 10. The average Bonchev–Trinajstić information content (AvgIpc) is 3.93. The van der Waals surface area contributed by atoms with E-state index >= 15 is 0 Å². The molecular weight excluding hydrogens is 688 g/mol. The number of hydrogen-bond acceptors (Lipinski definition) is 10. The van der Waals surface area contributed by atoms with Gasteiger partial charge in [-0.1, -0.05) is 61.5 Å². The summed E-state index contributed by atoms with van der Waals surface area (Å²) in [7, 11) is 2.05. The van der Waals surface area contributed by atoms with Gasteiger partial charge in [0.15, 0.2) is 6.10 Å². The number of aryl methyl sites for hydroxylation is 3. The molecule has 1 N–H and O–H groups in total. The van der Waals surface area contributed by atoms with Crippen LogP contribution in [0.1, 0.15) is 47.6 Å². The number of benzene rings is 4. The molecule has 2 aliphatic heterocycles. The van der Waals surface area contributed by atoms with Crippen molar-refractivity contribution in [3.05, 3.63) is 107 Å². The Morgan fingerprint density at radius 1 is 0.907 bits per heavy atom. The number of esters is 1. The van der Waals surface area contributed by atoms with Crippen LogP contribution in [0, 0.1) is 6.92 Å². The van der Waals surface area contributed by atoms with Crippen molar-refractivity contribution >= 4 is 34.2 Å². The van der Waals surface area contributed by atoms with E-state index in [1.54, 1.807) is 12.1 Å². The summed E-state index contributed by atoms with van der Waals surface area (Å²) in [6.45, 7) is 6.51. The van der Waals surface area contributed by atoms with Crippen LogP contribution in [0.4, 0.5) is 4.79 Å². The summed E-state index contributed by atoms with van der Waals surface area (Å²) in [4.78, 5) is 35.9. The highest BCUT2D eigenvalue weighted by Gasteiger charge is 2.49. The number of hydrogen-bond donors (Lipinski definition) is 1. The van der Waals surface area contributed by atoms with E-state index < -0.39 is 42.8 Å². The molecule has 8 rings (SSSR count). The van der Waals surface area contributed by atoms with Gasteiger partial charge in [-0.3, -0.25) is 0 Å². The van der Waals surface area contributed by atoms with Crippen molar-refractivity contribution in [3.63, 3.8) is 0 Å². The molecule has 0 bridgehead atoms. The van der Waals surface area contributed by atoms with Gasteiger partial charge < -0.3 is 37.9 Å². The zero-order chi connectivity index (χ0) is 37.5. The Kier molecular flexibility index (Phi) is 9.65. The third-order valence-electron chi connectivity index (χ3n) is 10.2. The summed E-state index contributed by atoms with van der Waals surface area (Å²) in [5.74, 6) is 1.29. The largest absolute Gasteiger partial charge is 0.511 e. The maximum Gasteiger partial charge on any atom is 0.511 e. The Bertz CT molecular complexity index is 2350. The zero-order valence-electron chi connectivity index (χ0n) is 30.6. The minimum Gasteiger partial charge on any atom is -0.426 e. The number of nitrogens with zero attached hydrogens (tertiary/aromatic N) is 4. The fourth-order valence-electron chi connectivity index (χ4n) is 7.52. The lowest BCUT2D eigenvalue weighted by atomic mass is 9.98. The number of aromatic nitrogens is 4. The van der Waals surface area contributed by atoms with Crippen LogP contribution < -0.4 is 0 Å². The summed E-state index contributed by atoms with van der Waals surface area (Å²) in [5, 5.41) is 9.93. The first-order valence-corrected chi connectivity index (χ1v) is 18.3. The van der Waals surface area contributed by atoms with Gasteiger partial charge in [-0.25, -0.2) is 19.6 Å². The zero-order valence-corrected chi connectivity index (χ0v) is 30.6. The van der Waals surface area contributed by atoms with Crippen LogP contribution in [0.3, 0.4) is 0 Å². The second kappa shape index (κ2) is 14.7. The first-order chi connectivity index (χ1) is 26.2. The number of imidazole rings is 2. The van der Waals surface area contributed by atoms with Gasteiger partial charge in [0.2, 0.25) is 6.29 Å². The van der Waals surface area contributed by atoms with Crippen LogP contribution in [-0.2, 0) is 43.7 Å². The molecule has 2 fully saturated rings. The van der Waals surface area contributed by atoms with Gasteiger partial charge in [0.1, 0.15) is 30.0 Å². The van der Waals surface area contributed by atoms with Crippen molar-refractivity contribution in [2.75, 3.05) is 13.2 Å². The molecule has 6 aromatic rings. The number of carbonyl (C=O) groups excluding carboxylic acids is 2. The Morgan fingerprint density at radius 3 is 2.46 bits per heavy atom. The van der Waals surface area contributed by atoms with Gasteiger partial charge in [0.05, 0.1) is 40.8 Å². The molecule has 2 aromatic heterocycles. The molecule has 0 spiro atoms. The summed E-state index contributed by atoms with van der Waals surface area (Å²) in [6.07, 6.45) is -3.07. The Labute approximate surface area is 312 Å². The number of carbonyl (C=O) groups is 2. The summed E-state index contributed by atoms with van der Waals surface area (Å²) >= 11 is 0. The summed E-state index contributed by atoms with van der Waals surface area (Å²) in [6, 6.07) is 27.8. The second-order valence-corrected chi connectivity index (χ2v) is 13.9. The first kappa shape index (κ1) is 35.5. The lowest BCUT2D eigenvalue weighted by Gasteiger charge is -2.19. The second-order valence-electron chi connectivity index (χ2n) is 13.9. The van der Waals surface area contributed by atoms with E-state index in [9.17, 15) is 14.7 Å². The van der Waals surface area contributed by atoms with Crippen LogP contribution in [0.5, 0.6) is 0 Å². The molecule has 1 unspecified atom stereocenters. The minimum atomic E-state index is -1.23. The van der Waals surface area contributed by atoms with Gasteiger partial charge in [-0.15, -0.1) is 0 Å². The molecule has 278 valence electrons. The van der Waals surface area contributed by atoms with Crippen molar-refractivity contribution in [1.82, 2.24) is 19.1 Å². The van der Waals surface area contributed by atoms with Crippen LogP contribution >= 0.6 is 0 Å². The number of para-hydroxylation sites is 2. The number of fused-ring (bicyclic) bond motifs is 3. The first-order valence-electron chi connectivity index (χ1n) is 18.3. The Morgan fingerprint density at radius 2 is 1.67 bits per heavy atom. The van der Waals surface area contributed by atoms with Crippen molar-refractivity contribution in [2.24, 2.45) is 7.05 Å². The maximum atomic E-state index is 13.4. The fourth-order valence-corrected chi connectivity index (χ4v) is 7.52. The van der Waals surface area contributed by atoms with Gasteiger partial charge in [-0.2, -0.15) is 0 Å². The maximum absolute atomic E-state index is 13.4. The van der Waals surface area contributed by atoms with E-state index in [0.717, 1.165) is 68.8 Å². The lowest BCUT2D eigenvalue weighted by molar-refractivity contribution is -0.0987. The van der Waals surface area contributed by atoms with E-state index in [-0.39, 0.29) is 13.2 Å². The average molecular weight is 731 g/mol. The topological polar surface area (TPSA) is 136 Å². The predicted octanol–water partition coefficient (Wildman–Crippen LogP) is 6.75. The standard InChI is InChI=1S/C42H42N4O8/c1-5-10-36-44-37-24(2)19-28(40-43-31-13-8-9-14-32(31)45(40)4)20-33(37)46(36)21-26-15-17-27(18-16-26)29-11-6-7-12-30(29)41(48)52-25(3)53-42(49)54-35-23-51-38-34(47)22-50-39(35)38/h6-9,11-20,25,34-35,38-39,47H,5,10,21-23H2,1-4H3/t25?,34-,35+,38-,39-/m1/s1. The van der Waals surface area contributed by atoms with E-state index in [2.05, 4.69) is 60.4 Å². The molecule has 0 saturated carbocycles. The van der Waals surface area contributed by atoms with Crippen molar-refractivity contribution in [2.45, 2.75) is 70.9 Å². The molecular formula is C42H42N4O8. The highest BCUT2D eigenvalue weighted by atomic mass is 16.8. The van der Waals surface area contributed by atoms with E-state index in [0.29, 0.717) is 17.7 Å². The molecule has 12 nitrogen and oxygen atoms in total. The van der Waals surface area contributed by atoms with Crippen LogP contribution in [-0.4, -0.2) is 80.3 Å². The summed E-state index contributed by atoms with van der Waals surface area (Å²) in [5.41, 5.74) is 9.14. The van der Waals surface area contributed by atoms with Crippen molar-refractivity contribution in [1.29, 1.82) is 0 Å². The highest BCUT2D eigenvalue weighted by Crippen LogP contribution is 2.32. The Balaban J connectivity index is 0.989. The normalized spacial score (nSPS) is 19.9. The third-order valence-corrected chi connectivity index (χ3v) is 10.2. The van der Waals surface area contributed by atoms with Gasteiger partial charge in [0, 0.05) is 32.5 Å². The molecule has 0 amide bonds. The van der Waals surface area contributed by atoms with Gasteiger partial charge in [0.25, 0.3) is 0 Å². The number of aliphatic hydroxyl groups is 1. The predicted molar refractivity (Wildman–Crippen MR) is 201 cm³/mol. The fraction of sp³-hybridized carbons (Fsp3) is 0.333. The van der Waals surface area contributed by atoms with E-state index in [4.69, 9.17) is 33.7 Å². The molecule has 4 heterocycles. The molecule has 2 aliphatic rings. The van der Waals surface area contributed by atoms with Gasteiger partial charge in [-0.05, 0) is 65.9 Å². The van der Waals surface area contributed by atoms with E-state index in [1.165, 1.54) is 6.92 Å². The molecule has 0 aliphatic carbocycles.